The fraction of sp³-hybridized carbons (Fsp3) is 0.333. The molecule has 0 fully saturated rings. The van der Waals surface area contributed by atoms with Crippen molar-refractivity contribution in [1.82, 2.24) is 4.98 Å². The van der Waals surface area contributed by atoms with Crippen LogP contribution in [0.25, 0.3) is 0 Å². The summed E-state index contributed by atoms with van der Waals surface area (Å²) in [7, 11) is 0. The second-order valence-corrected chi connectivity index (χ2v) is 3.42. The van der Waals surface area contributed by atoms with Crippen molar-refractivity contribution in [3.63, 3.8) is 0 Å². The van der Waals surface area contributed by atoms with Crippen molar-refractivity contribution in [3.05, 3.63) is 17.5 Å². The molecule has 5 nitrogen and oxygen atoms in total. The zero-order valence-electron chi connectivity index (χ0n) is 8.66. The Hall–Kier alpha value is -1.70. The van der Waals surface area contributed by atoms with Crippen molar-refractivity contribution in [1.29, 1.82) is 0 Å². The molecule has 0 aliphatic carbocycles. The number of pyridine rings is 1. The molecule has 0 radical (unpaired) electrons. The number of nitrogens with zero attached hydrogens (tertiary/aromatic N) is 1. The maximum Gasteiger partial charge on any atom is 0.573 e. The standard InChI is InChI=1S/C9H7ClF3NO4/c10-2-4-5(1-7(16)17)14-3-6(15)8(4)18-9(11,12)13/h3,15H,1-2H2,(H,16,17). The van der Waals surface area contributed by atoms with Crippen LogP contribution < -0.4 is 4.74 Å². The summed E-state index contributed by atoms with van der Waals surface area (Å²) in [5.74, 6) is -3.56. The lowest BCUT2D eigenvalue weighted by Crippen LogP contribution is -2.19. The first-order valence-electron chi connectivity index (χ1n) is 4.47. The van der Waals surface area contributed by atoms with Crippen LogP contribution in [0, 0.1) is 0 Å². The molecule has 0 atom stereocenters. The second kappa shape index (κ2) is 5.30. The van der Waals surface area contributed by atoms with Crippen molar-refractivity contribution in [2.75, 3.05) is 0 Å². The summed E-state index contributed by atoms with van der Waals surface area (Å²) in [6, 6.07) is 0. The number of carboxylic acids is 1. The minimum Gasteiger partial charge on any atom is -0.503 e. The quantitative estimate of drug-likeness (QED) is 0.828. The Labute approximate surface area is 104 Å². The van der Waals surface area contributed by atoms with Gasteiger partial charge in [0.25, 0.3) is 0 Å². The normalized spacial score (nSPS) is 11.3. The highest BCUT2D eigenvalue weighted by atomic mass is 35.5. The first kappa shape index (κ1) is 14.4. The molecule has 1 heterocycles. The number of aliphatic carboxylic acids is 1. The van der Waals surface area contributed by atoms with Gasteiger partial charge in [-0.1, -0.05) is 0 Å². The molecular formula is C9H7ClF3NO4. The number of carbonyl (C=O) groups is 1. The van der Waals surface area contributed by atoms with E-state index in [9.17, 15) is 23.1 Å². The number of halogens is 4. The van der Waals surface area contributed by atoms with E-state index in [4.69, 9.17) is 16.7 Å². The van der Waals surface area contributed by atoms with Crippen LogP contribution in [0.2, 0.25) is 0 Å². The van der Waals surface area contributed by atoms with Crippen LogP contribution in [0.5, 0.6) is 11.5 Å². The molecule has 0 aliphatic heterocycles. The van der Waals surface area contributed by atoms with Crippen molar-refractivity contribution in [3.8, 4) is 11.5 Å². The van der Waals surface area contributed by atoms with Crippen LogP contribution in [0.15, 0.2) is 6.20 Å². The highest BCUT2D eigenvalue weighted by Gasteiger charge is 2.34. The van der Waals surface area contributed by atoms with Gasteiger partial charge in [-0.25, -0.2) is 0 Å². The summed E-state index contributed by atoms with van der Waals surface area (Å²) in [4.78, 5) is 14.0. The Balaban J connectivity index is 3.25. The van der Waals surface area contributed by atoms with E-state index in [0.29, 0.717) is 6.20 Å². The minimum absolute atomic E-state index is 0.199. The van der Waals surface area contributed by atoms with Crippen LogP contribution in [0.3, 0.4) is 0 Å². The van der Waals surface area contributed by atoms with Crippen LogP contribution in [-0.4, -0.2) is 27.5 Å². The molecule has 100 valence electrons. The van der Waals surface area contributed by atoms with Gasteiger partial charge in [-0.15, -0.1) is 24.8 Å². The Morgan fingerprint density at radius 1 is 1.50 bits per heavy atom. The molecule has 0 bridgehead atoms. The average molecular weight is 286 g/mol. The number of carboxylic acid groups (broad SMARTS) is 1. The monoisotopic (exact) mass is 285 g/mol. The van der Waals surface area contributed by atoms with Gasteiger partial charge in [-0.05, 0) is 0 Å². The Morgan fingerprint density at radius 2 is 2.11 bits per heavy atom. The lowest BCUT2D eigenvalue weighted by Gasteiger charge is -2.15. The van der Waals surface area contributed by atoms with E-state index < -0.39 is 36.1 Å². The molecule has 2 N–H and O–H groups in total. The van der Waals surface area contributed by atoms with E-state index in [1.807, 2.05) is 0 Å². The molecule has 1 aromatic heterocycles. The third-order valence-corrected chi connectivity index (χ3v) is 2.14. The van der Waals surface area contributed by atoms with E-state index in [2.05, 4.69) is 9.72 Å². The van der Waals surface area contributed by atoms with Gasteiger partial charge in [0, 0.05) is 5.56 Å². The molecule has 1 rings (SSSR count). The highest BCUT2D eigenvalue weighted by Crippen LogP contribution is 2.36. The van der Waals surface area contributed by atoms with Gasteiger partial charge in [0.1, 0.15) is 0 Å². The van der Waals surface area contributed by atoms with Gasteiger partial charge in [-0.2, -0.15) is 0 Å². The predicted molar refractivity (Wildman–Crippen MR) is 53.5 cm³/mol. The largest absolute Gasteiger partial charge is 0.573 e. The predicted octanol–water partition coefficient (Wildman–Crippen LogP) is 2.05. The van der Waals surface area contributed by atoms with E-state index >= 15 is 0 Å². The summed E-state index contributed by atoms with van der Waals surface area (Å²) in [6.45, 7) is 0. The molecule has 18 heavy (non-hydrogen) atoms. The summed E-state index contributed by atoms with van der Waals surface area (Å²) >= 11 is 5.43. The van der Waals surface area contributed by atoms with E-state index in [1.54, 1.807) is 0 Å². The SMILES string of the molecule is O=C(O)Cc1ncc(O)c(OC(F)(F)F)c1CCl. The van der Waals surface area contributed by atoms with E-state index in [0.717, 1.165) is 0 Å². The van der Waals surface area contributed by atoms with Crippen LogP contribution in [0.1, 0.15) is 11.3 Å². The fourth-order valence-corrected chi connectivity index (χ4v) is 1.50. The third kappa shape index (κ3) is 3.66. The summed E-state index contributed by atoms with van der Waals surface area (Å²) < 4.78 is 40.0. The molecule has 0 aromatic carbocycles. The van der Waals surface area contributed by atoms with E-state index in [1.165, 1.54) is 0 Å². The van der Waals surface area contributed by atoms with Crippen molar-refractivity contribution < 1.29 is 32.9 Å². The zero-order valence-corrected chi connectivity index (χ0v) is 9.42. The summed E-state index contributed by atoms with van der Waals surface area (Å²) in [5, 5.41) is 17.8. The van der Waals surface area contributed by atoms with Crippen molar-refractivity contribution in [2.45, 2.75) is 18.7 Å². The lowest BCUT2D eigenvalue weighted by molar-refractivity contribution is -0.275. The number of hydrogen-bond donors (Lipinski definition) is 2. The van der Waals surface area contributed by atoms with Crippen LogP contribution >= 0.6 is 11.6 Å². The smallest absolute Gasteiger partial charge is 0.503 e. The van der Waals surface area contributed by atoms with Crippen LogP contribution in [0.4, 0.5) is 13.2 Å². The molecule has 0 saturated heterocycles. The van der Waals surface area contributed by atoms with Crippen molar-refractivity contribution >= 4 is 17.6 Å². The average Bonchev–Trinajstić information content (AvgIpc) is 2.20. The zero-order chi connectivity index (χ0) is 13.9. The topological polar surface area (TPSA) is 79.7 Å². The van der Waals surface area contributed by atoms with Gasteiger partial charge in [0.2, 0.25) is 0 Å². The Kier molecular flexibility index (Phi) is 4.23. The molecular weight excluding hydrogens is 279 g/mol. The fourth-order valence-electron chi connectivity index (χ4n) is 1.22. The lowest BCUT2D eigenvalue weighted by atomic mass is 10.1. The molecule has 0 saturated carbocycles. The molecule has 0 spiro atoms. The van der Waals surface area contributed by atoms with Crippen molar-refractivity contribution in [2.24, 2.45) is 0 Å². The van der Waals surface area contributed by atoms with E-state index in [-0.39, 0.29) is 11.3 Å². The number of alkyl halides is 4. The maximum atomic E-state index is 12.1. The molecule has 9 heteroatoms. The number of rotatable bonds is 4. The van der Waals surface area contributed by atoms with Gasteiger partial charge >= 0.3 is 12.3 Å². The Bertz CT molecular complexity index is 464. The van der Waals surface area contributed by atoms with Gasteiger partial charge < -0.3 is 14.9 Å². The summed E-state index contributed by atoms with van der Waals surface area (Å²) in [6.07, 6.45) is -4.98. The molecule has 0 aliphatic rings. The maximum absolute atomic E-state index is 12.1. The molecule has 1 aromatic rings. The number of aromatic nitrogens is 1. The first-order chi connectivity index (χ1) is 8.24. The van der Waals surface area contributed by atoms with Gasteiger partial charge in [-0.3, -0.25) is 9.78 Å². The second-order valence-electron chi connectivity index (χ2n) is 3.15. The molecule has 0 amide bonds. The van der Waals surface area contributed by atoms with Gasteiger partial charge in [0.05, 0.1) is 24.2 Å². The van der Waals surface area contributed by atoms with Gasteiger partial charge in [0.15, 0.2) is 11.5 Å². The Morgan fingerprint density at radius 3 is 2.56 bits per heavy atom. The number of ether oxygens (including phenoxy) is 1. The summed E-state index contributed by atoms with van der Waals surface area (Å²) in [5.41, 5.74) is -0.508. The number of hydrogen-bond acceptors (Lipinski definition) is 4. The number of aromatic hydroxyl groups is 1. The van der Waals surface area contributed by atoms with Crippen LogP contribution in [-0.2, 0) is 17.1 Å². The minimum atomic E-state index is -5.03. The highest BCUT2D eigenvalue weighted by molar-refractivity contribution is 6.17. The molecule has 0 unspecified atom stereocenters. The third-order valence-electron chi connectivity index (χ3n) is 1.87. The first-order valence-corrected chi connectivity index (χ1v) is 5.01.